The predicted octanol–water partition coefficient (Wildman–Crippen LogP) is 2.72. The fourth-order valence-electron chi connectivity index (χ4n) is 3.61. The molecule has 118 valence electrons. The van der Waals surface area contributed by atoms with Crippen LogP contribution in [0, 0.1) is 13.8 Å². The van der Waals surface area contributed by atoms with Crippen molar-refractivity contribution in [3.05, 3.63) is 34.9 Å². The normalized spacial score (nSPS) is 23.0. The van der Waals surface area contributed by atoms with Gasteiger partial charge in [-0.1, -0.05) is 25.1 Å². The smallest absolute Gasteiger partial charge is 0.0476 e. The Kier molecular flexibility index (Phi) is 5.80. The Balaban J connectivity index is 2.32. The molecule has 0 spiro atoms. The van der Waals surface area contributed by atoms with Crippen LogP contribution < -0.4 is 5.73 Å². The van der Waals surface area contributed by atoms with Gasteiger partial charge in [0.25, 0.3) is 0 Å². The summed E-state index contributed by atoms with van der Waals surface area (Å²) in [7, 11) is 2.24. The Hall–Kier alpha value is -0.900. The summed E-state index contributed by atoms with van der Waals surface area (Å²) in [6.45, 7) is 10.9. The van der Waals surface area contributed by atoms with Gasteiger partial charge >= 0.3 is 0 Å². The van der Waals surface area contributed by atoms with Crippen molar-refractivity contribution in [2.24, 2.45) is 5.73 Å². The fraction of sp³-hybridized carbons (Fsp3) is 0.667. The molecule has 1 aromatic rings. The van der Waals surface area contributed by atoms with Crippen LogP contribution in [-0.2, 0) is 0 Å². The third-order valence-corrected chi connectivity index (χ3v) is 5.05. The van der Waals surface area contributed by atoms with Crippen LogP contribution in [0.5, 0.6) is 0 Å². The van der Waals surface area contributed by atoms with Crippen molar-refractivity contribution in [3.63, 3.8) is 0 Å². The van der Waals surface area contributed by atoms with Crippen LogP contribution in [-0.4, -0.2) is 49.1 Å². The van der Waals surface area contributed by atoms with Gasteiger partial charge < -0.3 is 10.6 Å². The molecule has 1 aromatic carbocycles. The topological polar surface area (TPSA) is 32.5 Å². The molecule has 0 bridgehead atoms. The van der Waals surface area contributed by atoms with Crippen LogP contribution in [0.1, 0.15) is 42.5 Å². The molecule has 2 atom stereocenters. The van der Waals surface area contributed by atoms with E-state index in [1.54, 1.807) is 0 Å². The van der Waals surface area contributed by atoms with Gasteiger partial charge in [-0.2, -0.15) is 0 Å². The highest BCUT2D eigenvalue weighted by Crippen LogP contribution is 2.29. The zero-order valence-electron chi connectivity index (χ0n) is 14.1. The molecule has 1 heterocycles. The van der Waals surface area contributed by atoms with Gasteiger partial charge in [-0.3, -0.25) is 4.90 Å². The number of likely N-dealkylation sites (N-methyl/N-ethyl adjacent to an activating group) is 1. The Labute approximate surface area is 130 Å². The molecule has 0 amide bonds. The molecule has 3 heteroatoms. The van der Waals surface area contributed by atoms with Crippen molar-refractivity contribution in [3.8, 4) is 0 Å². The lowest BCUT2D eigenvalue weighted by atomic mass is 9.95. The molecule has 0 aromatic heterocycles. The molecule has 2 N–H and O–H groups in total. The van der Waals surface area contributed by atoms with E-state index < -0.39 is 0 Å². The third-order valence-electron chi connectivity index (χ3n) is 5.05. The van der Waals surface area contributed by atoms with Gasteiger partial charge in [0.1, 0.15) is 0 Å². The maximum absolute atomic E-state index is 6.20. The van der Waals surface area contributed by atoms with E-state index >= 15 is 0 Å². The molecule has 0 saturated carbocycles. The Morgan fingerprint density at radius 1 is 1.29 bits per heavy atom. The lowest BCUT2D eigenvalue weighted by molar-refractivity contribution is 0.130. The average molecular weight is 289 g/mol. The Bertz CT molecular complexity index is 458. The molecule has 1 saturated heterocycles. The van der Waals surface area contributed by atoms with Crippen molar-refractivity contribution < 1.29 is 0 Å². The number of rotatable bonds is 4. The van der Waals surface area contributed by atoms with Crippen LogP contribution in [0.15, 0.2) is 18.2 Å². The van der Waals surface area contributed by atoms with E-state index in [2.05, 4.69) is 55.8 Å². The largest absolute Gasteiger partial charge is 0.329 e. The molecule has 0 radical (unpaired) electrons. The third kappa shape index (κ3) is 3.65. The highest BCUT2D eigenvalue weighted by Gasteiger charge is 2.29. The van der Waals surface area contributed by atoms with Crippen LogP contribution >= 0.6 is 0 Å². The molecule has 1 aliphatic rings. The summed E-state index contributed by atoms with van der Waals surface area (Å²) >= 11 is 0. The Morgan fingerprint density at radius 3 is 2.71 bits per heavy atom. The second kappa shape index (κ2) is 7.39. The van der Waals surface area contributed by atoms with Crippen LogP contribution in [0.2, 0.25) is 0 Å². The minimum absolute atomic E-state index is 0.348. The van der Waals surface area contributed by atoms with Crippen molar-refractivity contribution in [2.45, 2.75) is 45.7 Å². The maximum Gasteiger partial charge on any atom is 0.0476 e. The van der Waals surface area contributed by atoms with E-state index in [0.29, 0.717) is 18.6 Å². The van der Waals surface area contributed by atoms with Crippen LogP contribution in [0.25, 0.3) is 0 Å². The van der Waals surface area contributed by atoms with E-state index in [9.17, 15) is 0 Å². The van der Waals surface area contributed by atoms with Gasteiger partial charge in [0, 0.05) is 31.7 Å². The molecule has 21 heavy (non-hydrogen) atoms. The average Bonchev–Trinajstić information content (AvgIpc) is 2.66. The summed E-state index contributed by atoms with van der Waals surface area (Å²) in [6, 6.07) is 7.58. The fourth-order valence-corrected chi connectivity index (χ4v) is 3.61. The van der Waals surface area contributed by atoms with Crippen molar-refractivity contribution in [1.82, 2.24) is 9.80 Å². The second-order valence-electron chi connectivity index (χ2n) is 6.46. The minimum Gasteiger partial charge on any atom is -0.329 e. The lowest BCUT2D eigenvalue weighted by Crippen LogP contribution is -2.44. The zero-order chi connectivity index (χ0) is 15.4. The number of nitrogens with zero attached hydrogens (tertiary/aromatic N) is 2. The summed E-state index contributed by atoms with van der Waals surface area (Å²) in [5, 5.41) is 0. The number of benzene rings is 1. The molecule has 0 aliphatic carbocycles. The summed E-state index contributed by atoms with van der Waals surface area (Å²) in [5.74, 6) is 0. The molecule has 3 nitrogen and oxygen atoms in total. The minimum atomic E-state index is 0.348. The molecule has 2 rings (SSSR count). The number of aryl methyl sites for hydroxylation is 1. The van der Waals surface area contributed by atoms with E-state index in [0.717, 1.165) is 13.1 Å². The number of hydrogen-bond acceptors (Lipinski definition) is 3. The quantitative estimate of drug-likeness (QED) is 0.925. The standard InChI is InChI=1S/C18H31N3/c1-5-16-13-20(4)10-7-11-21(16)18(12-19)17-9-6-8-14(2)15(17)3/h6,8-9,16,18H,5,7,10-13,19H2,1-4H3. The van der Waals surface area contributed by atoms with Gasteiger partial charge in [0.05, 0.1) is 0 Å². The monoisotopic (exact) mass is 289 g/mol. The van der Waals surface area contributed by atoms with Gasteiger partial charge in [-0.05, 0) is 57.0 Å². The summed E-state index contributed by atoms with van der Waals surface area (Å²) in [4.78, 5) is 5.12. The highest BCUT2D eigenvalue weighted by molar-refractivity contribution is 5.35. The first-order chi connectivity index (χ1) is 10.1. The van der Waals surface area contributed by atoms with Crippen molar-refractivity contribution in [1.29, 1.82) is 0 Å². The first kappa shape index (κ1) is 16.5. The number of hydrogen-bond donors (Lipinski definition) is 1. The summed E-state index contributed by atoms with van der Waals surface area (Å²) < 4.78 is 0. The number of nitrogens with two attached hydrogens (primary N) is 1. The zero-order valence-corrected chi connectivity index (χ0v) is 14.1. The van der Waals surface area contributed by atoms with E-state index in [1.807, 2.05) is 0 Å². The SMILES string of the molecule is CCC1CN(C)CCCN1C(CN)c1cccc(C)c1C. The van der Waals surface area contributed by atoms with E-state index in [4.69, 9.17) is 5.73 Å². The lowest BCUT2D eigenvalue weighted by Gasteiger charge is -2.37. The molecule has 1 fully saturated rings. The predicted molar refractivity (Wildman–Crippen MR) is 90.6 cm³/mol. The van der Waals surface area contributed by atoms with Crippen LogP contribution in [0.4, 0.5) is 0 Å². The Morgan fingerprint density at radius 2 is 2.05 bits per heavy atom. The van der Waals surface area contributed by atoms with Crippen molar-refractivity contribution in [2.75, 3.05) is 33.2 Å². The van der Waals surface area contributed by atoms with Crippen LogP contribution in [0.3, 0.4) is 0 Å². The second-order valence-corrected chi connectivity index (χ2v) is 6.46. The van der Waals surface area contributed by atoms with E-state index in [-0.39, 0.29) is 0 Å². The molecule has 2 unspecified atom stereocenters. The summed E-state index contributed by atoms with van der Waals surface area (Å²) in [6.07, 6.45) is 2.42. The first-order valence-corrected chi connectivity index (χ1v) is 8.29. The molecular formula is C18H31N3. The highest BCUT2D eigenvalue weighted by atomic mass is 15.3. The summed E-state index contributed by atoms with van der Waals surface area (Å²) in [5.41, 5.74) is 10.4. The molecular weight excluding hydrogens is 258 g/mol. The molecule has 1 aliphatic heterocycles. The van der Waals surface area contributed by atoms with Gasteiger partial charge in [0.2, 0.25) is 0 Å². The van der Waals surface area contributed by atoms with Gasteiger partial charge in [-0.15, -0.1) is 0 Å². The van der Waals surface area contributed by atoms with Gasteiger partial charge in [0.15, 0.2) is 0 Å². The van der Waals surface area contributed by atoms with E-state index in [1.165, 1.54) is 36.1 Å². The maximum atomic E-state index is 6.20. The van der Waals surface area contributed by atoms with Gasteiger partial charge in [-0.25, -0.2) is 0 Å². The first-order valence-electron chi connectivity index (χ1n) is 8.29. The van der Waals surface area contributed by atoms with Crippen molar-refractivity contribution >= 4 is 0 Å².